The Kier molecular flexibility index (Phi) is 5.36. The average molecular weight is 384 g/mol. The third kappa shape index (κ3) is 3.77. The Morgan fingerprint density at radius 3 is 2.04 bits per heavy atom. The van der Waals surface area contributed by atoms with E-state index in [1.54, 1.807) is 12.1 Å². The van der Waals surface area contributed by atoms with E-state index in [2.05, 4.69) is 4.90 Å². The lowest BCUT2D eigenvalue weighted by molar-refractivity contribution is 0.145. The third-order valence-electron chi connectivity index (χ3n) is 4.69. The minimum atomic E-state index is -4.01. The zero-order chi connectivity index (χ0) is 18.9. The minimum absolute atomic E-state index is 0.00279. The van der Waals surface area contributed by atoms with Gasteiger partial charge >= 0.3 is 0 Å². The standard InChI is InChI=1S/C18H19F3N2O2S/c1-13(14-2-4-15(19)5-3-14)22-8-10-23(11-9-22)26(24,25)18-7-6-16(20)12-17(18)21/h2-7,12-13H,8-11H2,1H3/t13-/m1/s1. The second-order valence-corrected chi connectivity index (χ2v) is 8.15. The van der Waals surface area contributed by atoms with Crippen LogP contribution in [0.5, 0.6) is 0 Å². The second-order valence-electron chi connectivity index (χ2n) is 6.24. The molecular weight excluding hydrogens is 365 g/mol. The summed E-state index contributed by atoms with van der Waals surface area (Å²) in [4.78, 5) is 1.57. The van der Waals surface area contributed by atoms with Gasteiger partial charge in [0.15, 0.2) is 0 Å². The molecule has 4 nitrogen and oxygen atoms in total. The number of hydrogen-bond donors (Lipinski definition) is 0. The lowest BCUT2D eigenvalue weighted by atomic mass is 10.1. The minimum Gasteiger partial charge on any atom is -0.294 e. The summed E-state index contributed by atoms with van der Waals surface area (Å²) in [5.74, 6) is -2.22. The first kappa shape index (κ1) is 18.9. The topological polar surface area (TPSA) is 40.6 Å². The van der Waals surface area contributed by atoms with Gasteiger partial charge in [-0.05, 0) is 36.8 Å². The molecule has 2 aromatic carbocycles. The van der Waals surface area contributed by atoms with Gasteiger partial charge in [-0.1, -0.05) is 12.1 Å². The molecule has 140 valence electrons. The van der Waals surface area contributed by atoms with Crippen LogP contribution in [0.2, 0.25) is 0 Å². The lowest BCUT2D eigenvalue weighted by Crippen LogP contribution is -2.49. The highest BCUT2D eigenvalue weighted by Gasteiger charge is 2.32. The van der Waals surface area contributed by atoms with Gasteiger partial charge < -0.3 is 0 Å². The fraction of sp³-hybridized carbons (Fsp3) is 0.333. The summed E-state index contributed by atoms with van der Waals surface area (Å²) >= 11 is 0. The Bertz CT molecular complexity index is 880. The summed E-state index contributed by atoms with van der Waals surface area (Å²) in [5, 5.41) is 0. The van der Waals surface area contributed by atoms with Crippen molar-refractivity contribution >= 4 is 10.0 Å². The van der Waals surface area contributed by atoms with Gasteiger partial charge in [-0.25, -0.2) is 21.6 Å². The first-order valence-electron chi connectivity index (χ1n) is 8.24. The molecular formula is C18H19F3N2O2S. The Labute approximate surface area is 150 Å². The third-order valence-corrected chi connectivity index (χ3v) is 6.62. The van der Waals surface area contributed by atoms with E-state index in [1.807, 2.05) is 6.92 Å². The first-order valence-corrected chi connectivity index (χ1v) is 9.68. The van der Waals surface area contributed by atoms with E-state index >= 15 is 0 Å². The van der Waals surface area contributed by atoms with Crippen molar-refractivity contribution in [1.29, 1.82) is 0 Å². The van der Waals surface area contributed by atoms with Crippen LogP contribution in [-0.2, 0) is 10.0 Å². The quantitative estimate of drug-likeness (QED) is 0.813. The van der Waals surface area contributed by atoms with Gasteiger partial charge in [-0.3, -0.25) is 4.90 Å². The van der Waals surface area contributed by atoms with E-state index < -0.39 is 26.6 Å². The largest absolute Gasteiger partial charge is 0.294 e. The molecule has 2 aromatic rings. The summed E-state index contributed by atoms with van der Waals surface area (Å²) in [6.07, 6.45) is 0. The first-order chi connectivity index (χ1) is 12.3. The summed E-state index contributed by atoms with van der Waals surface area (Å²) < 4.78 is 66.4. The molecule has 3 rings (SSSR count). The molecule has 8 heteroatoms. The highest BCUT2D eigenvalue weighted by Crippen LogP contribution is 2.25. The van der Waals surface area contributed by atoms with Gasteiger partial charge in [-0.15, -0.1) is 0 Å². The fourth-order valence-electron chi connectivity index (χ4n) is 3.11. The number of rotatable bonds is 4. The van der Waals surface area contributed by atoms with Crippen molar-refractivity contribution < 1.29 is 21.6 Å². The average Bonchev–Trinajstić information content (AvgIpc) is 2.61. The van der Waals surface area contributed by atoms with Crippen molar-refractivity contribution in [1.82, 2.24) is 9.21 Å². The molecule has 26 heavy (non-hydrogen) atoms. The Hall–Kier alpha value is -1.90. The van der Waals surface area contributed by atoms with Crippen molar-refractivity contribution in [2.24, 2.45) is 0 Å². The number of piperazine rings is 1. The van der Waals surface area contributed by atoms with E-state index in [-0.39, 0.29) is 24.9 Å². The van der Waals surface area contributed by atoms with Crippen LogP contribution in [0.15, 0.2) is 47.4 Å². The summed E-state index contributed by atoms with van der Waals surface area (Å²) in [6.45, 7) is 3.29. The van der Waals surface area contributed by atoms with Gasteiger partial charge in [-0.2, -0.15) is 4.31 Å². The van der Waals surface area contributed by atoms with Crippen molar-refractivity contribution in [2.45, 2.75) is 17.9 Å². The Morgan fingerprint density at radius 2 is 1.46 bits per heavy atom. The monoisotopic (exact) mass is 384 g/mol. The van der Waals surface area contributed by atoms with Crippen molar-refractivity contribution in [3.05, 3.63) is 65.5 Å². The summed E-state index contributed by atoms with van der Waals surface area (Å²) in [5.41, 5.74) is 0.937. The number of benzene rings is 2. The van der Waals surface area contributed by atoms with E-state index in [0.29, 0.717) is 19.2 Å². The van der Waals surface area contributed by atoms with Gasteiger partial charge in [0.25, 0.3) is 0 Å². The molecule has 0 saturated carbocycles. The molecule has 0 aromatic heterocycles. The molecule has 1 aliphatic heterocycles. The highest BCUT2D eigenvalue weighted by atomic mass is 32.2. The van der Waals surface area contributed by atoms with Crippen LogP contribution < -0.4 is 0 Å². The van der Waals surface area contributed by atoms with E-state index in [9.17, 15) is 21.6 Å². The van der Waals surface area contributed by atoms with Crippen LogP contribution >= 0.6 is 0 Å². The molecule has 1 aliphatic rings. The Morgan fingerprint density at radius 1 is 0.885 bits per heavy atom. The van der Waals surface area contributed by atoms with Crippen LogP contribution in [-0.4, -0.2) is 43.8 Å². The van der Waals surface area contributed by atoms with Crippen LogP contribution in [0.3, 0.4) is 0 Å². The van der Waals surface area contributed by atoms with E-state index in [0.717, 1.165) is 17.7 Å². The molecule has 0 radical (unpaired) electrons. The summed E-state index contributed by atoms with van der Waals surface area (Å²) in [7, 11) is -4.01. The van der Waals surface area contributed by atoms with Crippen molar-refractivity contribution in [3.63, 3.8) is 0 Å². The van der Waals surface area contributed by atoms with Crippen LogP contribution in [0.4, 0.5) is 13.2 Å². The molecule has 0 bridgehead atoms. The maximum atomic E-state index is 13.9. The Balaban J connectivity index is 1.70. The van der Waals surface area contributed by atoms with Crippen LogP contribution in [0, 0.1) is 17.5 Å². The predicted molar refractivity (Wildman–Crippen MR) is 91.5 cm³/mol. The zero-order valence-corrected chi connectivity index (χ0v) is 15.0. The lowest BCUT2D eigenvalue weighted by Gasteiger charge is -2.37. The SMILES string of the molecule is C[C@H](c1ccc(F)cc1)N1CCN(S(=O)(=O)c2ccc(F)cc2F)CC1. The van der Waals surface area contributed by atoms with Gasteiger partial charge in [0.1, 0.15) is 22.3 Å². The second kappa shape index (κ2) is 7.38. The van der Waals surface area contributed by atoms with Gasteiger partial charge in [0, 0.05) is 38.3 Å². The highest BCUT2D eigenvalue weighted by molar-refractivity contribution is 7.89. The van der Waals surface area contributed by atoms with Crippen LogP contribution in [0.25, 0.3) is 0 Å². The maximum absolute atomic E-state index is 13.9. The molecule has 1 saturated heterocycles. The molecule has 0 amide bonds. The molecule has 0 aliphatic carbocycles. The molecule has 1 heterocycles. The molecule has 0 unspecified atom stereocenters. The van der Waals surface area contributed by atoms with Gasteiger partial charge in [0.05, 0.1) is 0 Å². The van der Waals surface area contributed by atoms with Crippen LogP contribution in [0.1, 0.15) is 18.5 Å². The number of sulfonamides is 1. The van der Waals surface area contributed by atoms with Crippen molar-refractivity contribution in [3.8, 4) is 0 Å². The molecule has 0 spiro atoms. The smallest absolute Gasteiger partial charge is 0.246 e. The number of nitrogens with zero attached hydrogens (tertiary/aromatic N) is 2. The number of hydrogen-bond acceptors (Lipinski definition) is 3. The number of halogens is 3. The van der Waals surface area contributed by atoms with Crippen molar-refractivity contribution in [2.75, 3.05) is 26.2 Å². The fourth-order valence-corrected chi connectivity index (χ4v) is 4.57. The maximum Gasteiger partial charge on any atom is 0.246 e. The summed E-state index contributed by atoms with van der Waals surface area (Å²) in [6, 6.07) is 8.65. The van der Waals surface area contributed by atoms with Gasteiger partial charge in [0.2, 0.25) is 10.0 Å². The van der Waals surface area contributed by atoms with E-state index in [1.165, 1.54) is 16.4 Å². The molecule has 0 N–H and O–H groups in total. The van der Waals surface area contributed by atoms with E-state index in [4.69, 9.17) is 0 Å². The normalized spacial score (nSPS) is 18.0. The molecule has 1 fully saturated rings. The zero-order valence-electron chi connectivity index (χ0n) is 14.2. The molecule has 1 atom stereocenters. The predicted octanol–water partition coefficient (Wildman–Crippen LogP) is 3.17.